The van der Waals surface area contributed by atoms with Gasteiger partial charge < -0.3 is 15.7 Å². The number of unbranched alkanes of at least 4 members (excludes halogenated alkanes) is 2. The number of nitrogens with two attached hydrogens (primary N) is 1. The summed E-state index contributed by atoms with van der Waals surface area (Å²) in [6.07, 6.45) is 8.67. The maximum atomic E-state index is 9.08. The smallest absolute Gasteiger partial charge is 0.0608 e. The van der Waals surface area contributed by atoms with Gasteiger partial charge in [0.05, 0.1) is 6.61 Å². The van der Waals surface area contributed by atoms with E-state index in [0.717, 1.165) is 18.9 Å². The van der Waals surface area contributed by atoms with E-state index in [9.17, 15) is 0 Å². The van der Waals surface area contributed by atoms with Crippen LogP contribution in [0.25, 0.3) is 0 Å². The van der Waals surface area contributed by atoms with Crippen molar-refractivity contribution in [3.8, 4) is 0 Å². The molecular formula is C14H30N2O. The zero-order chi connectivity index (χ0) is 12.7. The van der Waals surface area contributed by atoms with Crippen molar-refractivity contribution in [2.75, 3.05) is 19.7 Å². The van der Waals surface area contributed by atoms with Crippen molar-refractivity contribution in [2.24, 2.45) is 5.73 Å². The molecule has 0 aromatic carbocycles. The van der Waals surface area contributed by atoms with Gasteiger partial charge in [0.2, 0.25) is 0 Å². The standard InChI is InChI=1S/C14H30N2O/c1-3-4-10-16(13-7-8-13)11-6-5-9-14(2,15)12-17/h13,17H,3-12,15H2,1-2H3. The molecule has 1 atom stereocenters. The lowest BCUT2D eigenvalue weighted by Crippen LogP contribution is -2.40. The van der Waals surface area contributed by atoms with Crippen LogP contribution in [-0.4, -0.2) is 41.3 Å². The van der Waals surface area contributed by atoms with Gasteiger partial charge in [0.25, 0.3) is 0 Å². The number of rotatable bonds is 10. The molecule has 0 aromatic rings. The molecule has 1 aliphatic rings. The first-order chi connectivity index (χ1) is 8.09. The maximum Gasteiger partial charge on any atom is 0.0608 e. The summed E-state index contributed by atoms with van der Waals surface area (Å²) in [6, 6.07) is 0.878. The molecule has 0 heterocycles. The van der Waals surface area contributed by atoms with Crippen molar-refractivity contribution < 1.29 is 5.11 Å². The normalized spacial score (nSPS) is 19.6. The highest BCUT2D eigenvalue weighted by Gasteiger charge is 2.27. The predicted molar refractivity (Wildman–Crippen MR) is 73.0 cm³/mol. The van der Waals surface area contributed by atoms with Crippen molar-refractivity contribution in [3.63, 3.8) is 0 Å². The minimum Gasteiger partial charge on any atom is -0.394 e. The molecule has 3 heteroatoms. The lowest BCUT2D eigenvalue weighted by molar-refractivity contribution is 0.192. The Morgan fingerprint density at radius 1 is 1.24 bits per heavy atom. The number of aliphatic hydroxyl groups excluding tert-OH is 1. The van der Waals surface area contributed by atoms with Crippen LogP contribution in [0, 0.1) is 0 Å². The summed E-state index contributed by atoms with van der Waals surface area (Å²) in [5.74, 6) is 0. The number of nitrogens with zero attached hydrogens (tertiary/aromatic N) is 1. The molecule has 0 spiro atoms. The van der Waals surface area contributed by atoms with Crippen molar-refractivity contribution >= 4 is 0 Å². The third kappa shape index (κ3) is 6.39. The van der Waals surface area contributed by atoms with Gasteiger partial charge in [-0.1, -0.05) is 19.8 Å². The minimum atomic E-state index is -0.381. The van der Waals surface area contributed by atoms with Crippen LogP contribution in [0.2, 0.25) is 0 Å². The second kappa shape index (κ2) is 7.34. The molecule has 3 nitrogen and oxygen atoms in total. The van der Waals surface area contributed by atoms with Crippen LogP contribution in [0.3, 0.4) is 0 Å². The number of aliphatic hydroxyl groups is 1. The molecule has 0 aliphatic heterocycles. The Bertz CT molecular complexity index is 202. The Kier molecular flexibility index (Phi) is 6.45. The molecule has 0 bridgehead atoms. The van der Waals surface area contributed by atoms with Crippen molar-refractivity contribution in [1.29, 1.82) is 0 Å². The summed E-state index contributed by atoms with van der Waals surface area (Å²) in [5.41, 5.74) is 5.54. The summed E-state index contributed by atoms with van der Waals surface area (Å²) < 4.78 is 0. The predicted octanol–water partition coefficient (Wildman–Crippen LogP) is 2.13. The summed E-state index contributed by atoms with van der Waals surface area (Å²) >= 11 is 0. The molecule has 0 radical (unpaired) electrons. The van der Waals surface area contributed by atoms with Crippen LogP contribution in [0.1, 0.15) is 58.8 Å². The van der Waals surface area contributed by atoms with Gasteiger partial charge in [-0.2, -0.15) is 0 Å². The van der Waals surface area contributed by atoms with E-state index in [4.69, 9.17) is 10.8 Å². The van der Waals surface area contributed by atoms with E-state index in [2.05, 4.69) is 11.8 Å². The molecular weight excluding hydrogens is 212 g/mol. The first kappa shape index (κ1) is 14.9. The molecule has 1 aliphatic carbocycles. The lowest BCUT2D eigenvalue weighted by Gasteiger charge is -2.24. The van der Waals surface area contributed by atoms with Crippen LogP contribution in [0.5, 0.6) is 0 Å². The van der Waals surface area contributed by atoms with E-state index in [1.54, 1.807) is 0 Å². The van der Waals surface area contributed by atoms with Crippen LogP contribution < -0.4 is 5.73 Å². The fraction of sp³-hybridized carbons (Fsp3) is 1.00. The Morgan fingerprint density at radius 3 is 2.41 bits per heavy atom. The first-order valence-corrected chi connectivity index (χ1v) is 7.23. The van der Waals surface area contributed by atoms with Gasteiger partial charge in [-0.15, -0.1) is 0 Å². The van der Waals surface area contributed by atoms with E-state index >= 15 is 0 Å². The van der Waals surface area contributed by atoms with E-state index in [-0.39, 0.29) is 12.1 Å². The largest absolute Gasteiger partial charge is 0.394 e. The van der Waals surface area contributed by atoms with E-state index in [0.29, 0.717) is 0 Å². The lowest BCUT2D eigenvalue weighted by atomic mass is 9.97. The van der Waals surface area contributed by atoms with Gasteiger partial charge in [0.1, 0.15) is 0 Å². The highest BCUT2D eigenvalue weighted by Crippen LogP contribution is 2.27. The van der Waals surface area contributed by atoms with Crippen LogP contribution in [-0.2, 0) is 0 Å². The Hall–Kier alpha value is -0.120. The average Bonchev–Trinajstić information content (AvgIpc) is 3.12. The van der Waals surface area contributed by atoms with E-state index in [1.807, 2.05) is 6.92 Å². The summed E-state index contributed by atoms with van der Waals surface area (Å²) in [7, 11) is 0. The maximum absolute atomic E-state index is 9.08. The van der Waals surface area contributed by atoms with Gasteiger partial charge in [-0.25, -0.2) is 0 Å². The topological polar surface area (TPSA) is 49.5 Å². The van der Waals surface area contributed by atoms with Crippen LogP contribution >= 0.6 is 0 Å². The zero-order valence-electron chi connectivity index (χ0n) is 11.6. The number of hydrogen-bond acceptors (Lipinski definition) is 3. The molecule has 0 amide bonds. The molecule has 3 N–H and O–H groups in total. The van der Waals surface area contributed by atoms with Gasteiger partial charge in [0.15, 0.2) is 0 Å². The fourth-order valence-corrected chi connectivity index (χ4v) is 2.20. The van der Waals surface area contributed by atoms with Gasteiger partial charge >= 0.3 is 0 Å². The molecule has 1 saturated carbocycles. The van der Waals surface area contributed by atoms with Crippen molar-refractivity contribution in [1.82, 2.24) is 4.90 Å². The van der Waals surface area contributed by atoms with E-state index < -0.39 is 0 Å². The second-order valence-electron chi connectivity index (χ2n) is 5.89. The van der Waals surface area contributed by atoms with Gasteiger partial charge in [-0.05, 0) is 52.1 Å². The molecule has 102 valence electrons. The minimum absolute atomic E-state index is 0.0924. The Morgan fingerprint density at radius 2 is 1.88 bits per heavy atom. The molecule has 17 heavy (non-hydrogen) atoms. The third-order valence-electron chi connectivity index (χ3n) is 3.67. The highest BCUT2D eigenvalue weighted by atomic mass is 16.3. The van der Waals surface area contributed by atoms with Crippen molar-refractivity contribution in [3.05, 3.63) is 0 Å². The Labute approximate surface area is 106 Å². The van der Waals surface area contributed by atoms with Gasteiger partial charge in [0, 0.05) is 11.6 Å². The monoisotopic (exact) mass is 242 g/mol. The average molecular weight is 242 g/mol. The van der Waals surface area contributed by atoms with Crippen LogP contribution in [0.15, 0.2) is 0 Å². The van der Waals surface area contributed by atoms with E-state index in [1.165, 1.54) is 45.2 Å². The summed E-state index contributed by atoms with van der Waals surface area (Å²) in [5, 5.41) is 9.08. The molecule has 1 unspecified atom stereocenters. The zero-order valence-corrected chi connectivity index (χ0v) is 11.6. The van der Waals surface area contributed by atoms with Crippen LogP contribution in [0.4, 0.5) is 0 Å². The second-order valence-corrected chi connectivity index (χ2v) is 5.89. The van der Waals surface area contributed by atoms with Gasteiger partial charge in [-0.3, -0.25) is 0 Å². The number of hydrogen-bond donors (Lipinski definition) is 2. The molecule has 1 rings (SSSR count). The van der Waals surface area contributed by atoms with Crippen molar-refractivity contribution in [2.45, 2.75) is 70.4 Å². The third-order valence-corrected chi connectivity index (χ3v) is 3.67. The highest BCUT2D eigenvalue weighted by molar-refractivity contribution is 4.84. The molecule has 0 aromatic heterocycles. The Balaban J connectivity index is 2.10. The summed E-state index contributed by atoms with van der Waals surface area (Å²) in [4.78, 5) is 2.65. The molecule has 0 saturated heterocycles. The quantitative estimate of drug-likeness (QED) is 0.577. The first-order valence-electron chi connectivity index (χ1n) is 7.23. The summed E-state index contributed by atoms with van der Waals surface area (Å²) in [6.45, 7) is 6.76. The fourth-order valence-electron chi connectivity index (χ4n) is 2.20. The molecule has 1 fully saturated rings. The SMILES string of the molecule is CCCCN(CCCCC(C)(N)CO)C1CC1.